The minimum absolute atomic E-state index is 0.0989. The molecular weight excluding hydrogens is 855 g/mol. The van der Waals surface area contributed by atoms with Gasteiger partial charge in [-0.25, -0.2) is 9.59 Å². The lowest BCUT2D eigenvalue weighted by Gasteiger charge is -2.26. The van der Waals surface area contributed by atoms with Crippen molar-refractivity contribution < 1.29 is 45.4 Å². The lowest BCUT2D eigenvalue weighted by Crippen LogP contribution is -2.48. The molecule has 8 aromatic carbocycles. The van der Waals surface area contributed by atoms with Crippen molar-refractivity contribution in [3.63, 3.8) is 0 Å². The molecule has 0 aliphatic heterocycles. The molecular formula is C51H30F6O4S2. The van der Waals surface area contributed by atoms with Crippen molar-refractivity contribution in [1.82, 2.24) is 0 Å². The molecule has 0 saturated carbocycles. The van der Waals surface area contributed by atoms with Gasteiger partial charge < -0.3 is 9.47 Å². The third kappa shape index (κ3) is 5.04. The minimum Gasteiger partial charge on any atom is -0.465 e. The number of benzene rings is 8. The van der Waals surface area contributed by atoms with Gasteiger partial charge >= 0.3 is 29.7 Å². The normalized spacial score (nSPS) is 15.9. The molecule has 0 amide bonds. The van der Waals surface area contributed by atoms with Crippen LogP contribution in [0.1, 0.15) is 41.6 Å². The number of hydrogen-bond acceptors (Lipinski definition) is 6. The van der Waals surface area contributed by atoms with Gasteiger partial charge in [-0.3, -0.25) is 0 Å². The SMILES string of the molecule is COC(=O)c1cc2ccc3c(C4=C(c5c(C)sc6c5ccc5cc(C(=O)OC)c7c8ccccc8ccc7c56)C(F)(F)C(F)(F)C4(F)F)c(C)sc3c2c2ccc3ccccc3c12. The number of halogens is 6. The van der Waals surface area contributed by atoms with Crippen LogP contribution >= 0.6 is 22.7 Å². The summed E-state index contributed by atoms with van der Waals surface area (Å²) in [5, 5.41) is 7.74. The maximum atomic E-state index is 16.8. The van der Waals surface area contributed by atoms with Crippen molar-refractivity contribution in [2.24, 2.45) is 0 Å². The first-order valence-electron chi connectivity index (χ1n) is 19.8. The maximum Gasteiger partial charge on any atom is 0.380 e. The number of hydrogen-bond donors (Lipinski definition) is 0. The van der Waals surface area contributed by atoms with Crippen LogP contribution in [0.2, 0.25) is 0 Å². The van der Waals surface area contributed by atoms with Crippen LogP contribution in [0.3, 0.4) is 0 Å². The van der Waals surface area contributed by atoms with Gasteiger partial charge in [0.15, 0.2) is 0 Å². The molecule has 2 aromatic heterocycles. The van der Waals surface area contributed by atoms with E-state index >= 15 is 26.3 Å². The van der Waals surface area contributed by atoms with Crippen molar-refractivity contribution in [3.8, 4) is 0 Å². The summed E-state index contributed by atoms with van der Waals surface area (Å²) in [6.07, 6.45) is 0. The van der Waals surface area contributed by atoms with E-state index < -0.39 is 40.9 Å². The molecule has 2 heterocycles. The predicted octanol–water partition coefficient (Wildman–Crippen LogP) is 15.1. The highest BCUT2D eigenvalue weighted by molar-refractivity contribution is 7.21. The Morgan fingerprint density at radius 3 is 1.22 bits per heavy atom. The Labute approximate surface area is 361 Å². The van der Waals surface area contributed by atoms with E-state index in [2.05, 4.69) is 0 Å². The molecule has 4 nitrogen and oxygen atoms in total. The number of fused-ring (bicyclic) bond motifs is 14. The molecule has 0 saturated heterocycles. The molecule has 11 rings (SSSR count). The van der Waals surface area contributed by atoms with Gasteiger partial charge in [0.05, 0.1) is 25.3 Å². The topological polar surface area (TPSA) is 52.6 Å². The van der Waals surface area contributed by atoms with Crippen LogP contribution in [0.25, 0.3) is 96.0 Å². The van der Waals surface area contributed by atoms with Gasteiger partial charge in [0, 0.05) is 73.7 Å². The Kier molecular flexibility index (Phi) is 8.28. The highest BCUT2D eigenvalue weighted by Crippen LogP contribution is 2.67. The summed E-state index contributed by atoms with van der Waals surface area (Å²) in [5.74, 6) is -17.6. The molecule has 0 spiro atoms. The summed E-state index contributed by atoms with van der Waals surface area (Å²) in [4.78, 5) is 26.8. The van der Waals surface area contributed by atoms with Crippen molar-refractivity contribution in [3.05, 3.63) is 141 Å². The van der Waals surface area contributed by atoms with Gasteiger partial charge in [-0.1, -0.05) is 97.1 Å². The van der Waals surface area contributed by atoms with Crippen LogP contribution in [0.5, 0.6) is 0 Å². The highest BCUT2D eigenvalue weighted by atomic mass is 32.1. The largest absolute Gasteiger partial charge is 0.465 e. The summed E-state index contributed by atoms with van der Waals surface area (Å²) in [6.45, 7) is 2.95. The van der Waals surface area contributed by atoms with Crippen molar-refractivity contribution in [1.29, 1.82) is 0 Å². The molecule has 312 valence electrons. The number of carbonyl (C=O) groups excluding carboxylic acids is 2. The van der Waals surface area contributed by atoms with E-state index in [0.717, 1.165) is 44.2 Å². The molecule has 0 fully saturated rings. The molecule has 0 radical (unpaired) electrons. The van der Waals surface area contributed by atoms with Gasteiger partial charge in [-0.05, 0) is 69.1 Å². The van der Waals surface area contributed by atoms with E-state index in [1.807, 2.05) is 72.8 Å². The fourth-order valence-electron chi connectivity index (χ4n) is 9.93. The van der Waals surface area contributed by atoms with Crippen LogP contribution in [0, 0.1) is 13.8 Å². The smallest absolute Gasteiger partial charge is 0.380 e. The van der Waals surface area contributed by atoms with Crippen LogP contribution in [-0.2, 0) is 9.47 Å². The standard InChI is InChI=1S/C51H30F6O4S2/c1-23-37(33-19-15-27-21-35(47(58)60-3)41-29-11-7-5-9-25(29)13-17-31(41)39(27)45(33)62-23)43-44(50(54,55)51(56,57)49(43,52)53)38-24(2)63-46-34(38)20-16-28-22-36(48(59)61-4)42-30-12-8-6-10-26(30)14-18-32(42)40(28)46/h5-22H,1-4H3. The number of thiophene rings is 2. The average molecular weight is 885 g/mol. The highest BCUT2D eigenvalue weighted by Gasteiger charge is 2.80. The second kappa shape index (κ2) is 13.3. The summed E-state index contributed by atoms with van der Waals surface area (Å²) in [7, 11) is 2.54. The van der Waals surface area contributed by atoms with E-state index in [1.165, 1.54) is 40.2 Å². The van der Waals surface area contributed by atoms with Gasteiger partial charge in [0.2, 0.25) is 0 Å². The van der Waals surface area contributed by atoms with Crippen molar-refractivity contribution >= 4 is 131 Å². The molecule has 10 aromatic rings. The molecule has 1 aliphatic carbocycles. The van der Waals surface area contributed by atoms with Gasteiger partial charge in [0.1, 0.15) is 0 Å². The third-order valence-corrected chi connectivity index (χ3v) is 14.9. The first-order valence-corrected chi connectivity index (χ1v) is 21.4. The Morgan fingerprint density at radius 1 is 0.460 bits per heavy atom. The third-order valence-electron chi connectivity index (χ3n) is 12.6. The Balaban J connectivity index is 1.26. The zero-order valence-corrected chi connectivity index (χ0v) is 35.2. The van der Waals surface area contributed by atoms with E-state index in [4.69, 9.17) is 9.47 Å². The first kappa shape index (κ1) is 39.4. The summed E-state index contributed by atoms with van der Waals surface area (Å²) in [5.41, 5.74) is -3.10. The number of carbonyl (C=O) groups is 2. The predicted molar refractivity (Wildman–Crippen MR) is 242 cm³/mol. The summed E-state index contributed by atoms with van der Waals surface area (Å²) in [6, 6.07) is 31.6. The maximum absolute atomic E-state index is 16.8. The zero-order valence-electron chi connectivity index (χ0n) is 33.6. The van der Waals surface area contributed by atoms with Crippen molar-refractivity contribution in [2.45, 2.75) is 31.6 Å². The Hall–Kier alpha value is -6.50. The van der Waals surface area contributed by atoms with Crippen LogP contribution in [0.15, 0.2) is 109 Å². The molecule has 0 bridgehead atoms. The fourth-order valence-corrected chi connectivity index (χ4v) is 12.4. The number of esters is 2. The number of ether oxygens (including phenoxy) is 2. The number of rotatable bonds is 4. The second-order valence-electron chi connectivity index (χ2n) is 15.9. The zero-order chi connectivity index (χ0) is 44.1. The molecule has 0 atom stereocenters. The fraction of sp³-hybridized carbons (Fsp3) is 0.137. The minimum atomic E-state index is -5.80. The van der Waals surface area contributed by atoms with Crippen LogP contribution in [-0.4, -0.2) is 43.9 Å². The number of aryl methyl sites for hydroxylation is 2. The monoisotopic (exact) mass is 884 g/mol. The van der Waals surface area contributed by atoms with Crippen LogP contribution < -0.4 is 0 Å². The lowest BCUT2D eigenvalue weighted by molar-refractivity contribution is -0.254. The lowest BCUT2D eigenvalue weighted by atomic mass is 9.88. The first-order chi connectivity index (χ1) is 30.1. The molecule has 0 N–H and O–H groups in total. The summed E-state index contributed by atoms with van der Waals surface area (Å²) >= 11 is 2.09. The van der Waals surface area contributed by atoms with Crippen molar-refractivity contribution in [2.75, 3.05) is 14.2 Å². The van der Waals surface area contributed by atoms with Crippen LogP contribution in [0.4, 0.5) is 26.3 Å². The van der Waals surface area contributed by atoms with E-state index in [9.17, 15) is 9.59 Å². The summed E-state index contributed by atoms with van der Waals surface area (Å²) < 4.78 is 111. The number of methoxy groups -OCH3 is 2. The second-order valence-corrected chi connectivity index (χ2v) is 18.3. The van der Waals surface area contributed by atoms with Gasteiger partial charge in [-0.15, -0.1) is 22.7 Å². The number of allylic oxidation sites excluding steroid dienone is 2. The van der Waals surface area contributed by atoms with E-state index in [0.29, 0.717) is 52.5 Å². The number of alkyl halides is 6. The van der Waals surface area contributed by atoms with E-state index in [-0.39, 0.29) is 42.8 Å². The van der Waals surface area contributed by atoms with E-state index in [1.54, 1.807) is 24.3 Å². The van der Waals surface area contributed by atoms with Gasteiger partial charge in [-0.2, -0.15) is 26.3 Å². The Bertz CT molecular complexity index is 3520. The van der Waals surface area contributed by atoms with Gasteiger partial charge in [0.25, 0.3) is 0 Å². The molecule has 1 aliphatic rings. The molecule has 63 heavy (non-hydrogen) atoms. The molecule has 12 heteroatoms. The molecule has 0 unspecified atom stereocenters. The average Bonchev–Trinajstić information content (AvgIpc) is 3.82. The Morgan fingerprint density at radius 2 is 0.825 bits per heavy atom. The quantitative estimate of drug-likeness (QED) is 0.100.